The molecule has 94 valence electrons. The predicted octanol–water partition coefficient (Wildman–Crippen LogP) is 1.81. The zero-order chi connectivity index (χ0) is 12.3. The van der Waals surface area contributed by atoms with Gasteiger partial charge in [0.05, 0.1) is 0 Å². The fraction of sp³-hybridized carbons (Fsp3) is 0.615. The van der Waals surface area contributed by atoms with Gasteiger partial charge in [0.15, 0.2) is 0 Å². The molecule has 0 aromatic carbocycles. The summed E-state index contributed by atoms with van der Waals surface area (Å²) in [6, 6.07) is 3.70. The summed E-state index contributed by atoms with van der Waals surface area (Å²) < 4.78 is 0. The van der Waals surface area contributed by atoms with Gasteiger partial charge >= 0.3 is 0 Å². The second-order valence-electron chi connectivity index (χ2n) is 5.44. The molecule has 1 fully saturated rings. The van der Waals surface area contributed by atoms with Crippen LogP contribution in [0, 0.1) is 5.41 Å². The number of hydrogen-bond acceptors (Lipinski definition) is 4. The number of anilines is 2. The van der Waals surface area contributed by atoms with Gasteiger partial charge in [-0.25, -0.2) is 4.98 Å². The highest BCUT2D eigenvalue weighted by molar-refractivity contribution is 5.48. The van der Waals surface area contributed by atoms with Crippen LogP contribution in [0.4, 0.5) is 11.5 Å². The molecule has 2 rings (SSSR count). The van der Waals surface area contributed by atoms with E-state index in [1.165, 1.54) is 25.9 Å². The number of pyridine rings is 1. The second kappa shape index (κ2) is 4.92. The van der Waals surface area contributed by atoms with Crippen molar-refractivity contribution in [3.63, 3.8) is 0 Å². The molecule has 3 N–H and O–H groups in total. The molecular weight excluding hydrogens is 212 g/mol. The van der Waals surface area contributed by atoms with E-state index in [2.05, 4.69) is 29.2 Å². The number of piperidine rings is 1. The van der Waals surface area contributed by atoms with Gasteiger partial charge in [0.25, 0.3) is 0 Å². The number of nitrogens with two attached hydrogens (primary N) is 1. The van der Waals surface area contributed by atoms with Crippen LogP contribution in [-0.4, -0.2) is 36.6 Å². The molecule has 1 aromatic heterocycles. The maximum Gasteiger partial charge on any atom is 0.127 e. The Kier molecular flexibility index (Phi) is 3.52. The van der Waals surface area contributed by atoms with E-state index in [1.54, 1.807) is 6.20 Å². The lowest BCUT2D eigenvalue weighted by Crippen LogP contribution is -2.40. The summed E-state index contributed by atoms with van der Waals surface area (Å²) in [6.45, 7) is 5.68. The van der Waals surface area contributed by atoms with E-state index < -0.39 is 0 Å². The van der Waals surface area contributed by atoms with Crippen LogP contribution < -0.4 is 11.1 Å². The van der Waals surface area contributed by atoms with E-state index in [-0.39, 0.29) is 0 Å². The Morgan fingerprint density at radius 1 is 1.47 bits per heavy atom. The lowest BCUT2D eigenvalue weighted by atomic mass is 9.80. The molecule has 0 spiro atoms. The number of nitrogens with zero attached hydrogens (tertiary/aromatic N) is 2. The molecule has 1 saturated heterocycles. The molecule has 4 nitrogen and oxygen atoms in total. The number of aromatic nitrogens is 1. The highest BCUT2D eigenvalue weighted by atomic mass is 15.1. The number of nitrogens with one attached hydrogen (secondary N) is 1. The summed E-state index contributed by atoms with van der Waals surface area (Å²) in [4.78, 5) is 6.66. The van der Waals surface area contributed by atoms with Gasteiger partial charge in [-0.2, -0.15) is 0 Å². The van der Waals surface area contributed by atoms with Gasteiger partial charge in [-0.15, -0.1) is 0 Å². The summed E-state index contributed by atoms with van der Waals surface area (Å²) in [6.07, 6.45) is 4.21. The van der Waals surface area contributed by atoms with Gasteiger partial charge < -0.3 is 16.0 Å². The summed E-state index contributed by atoms with van der Waals surface area (Å²) in [5, 5.41) is 3.40. The zero-order valence-electron chi connectivity index (χ0n) is 10.7. The maximum atomic E-state index is 5.73. The standard InChI is InChI=1S/C13H22N4/c1-13(4-7-17(2)8-5-13)10-16-12-9-11(14)3-6-15-12/h3,6,9H,4-5,7-8,10H2,1-2H3,(H3,14,15,16). The SMILES string of the molecule is CN1CCC(C)(CNc2cc(N)ccn2)CC1. The van der Waals surface area contributed by atoms with E-state index in [4.69, 9.17) is 5.73 Å². The molecule has 0 unspecified atom stereocenters. The third kappa shape index (κ3) is 3.33. The lowest BCUT2D eigenvalue weighted by molar-refractivity contribution is 0.150. The van der Waals surface area contributed by atoms with Crippen molar-refractivity contribution in [1.29, 1.82) is 0 Å². The first-order valence-electron chi connectivity index (χ1n) is 6.21. The van der Waals surface area contributed by atoms with Gasteiger partial charge in [-0.05, 0) is 44.5 Å². The van der Waals surface area contributed by atoms with Crippen molar-refractivity contribution in [3.8, 4) is 0 Å². The molecule has 0 amide bonds. The highest BCUT2D eigenvalue weighted by Crippen LogP contribution is 2.30. The Morgan fingerprint density at radius 3 is 2.82 bits per heavy atom. The topological polar surface area (TPSA) is 54.2 Å². The van der Waals surface area contributed by atoms with E-state index in [0.717, 1.165) is 18.1 Å². The molecule has 0 bridgehead atoms. The third-order valence-electron chi connectivity index (χ3n) is 3.67. The van der Waals surface area contributed by atoms with Gasteiger partial charge in [0.1, 0.15) is 5.82 Å². The molecule has 4 heteroatoms. The lowest BCUT2D eigenvalue weighted by Gasteiger charge is -2.38. The van der Waals surface area contributed by atoms with Crippen molar-refractivity contribution in [3.05, 3.63) is 18.3 Å². The van der Waals surface area contributed by atoms with Gasteiger partial charge in [-0.3, -0.25) is 0 Å². The molecular formula is C13H22N4. The van der Waals surface area contributed by atoms with Crippen LogP contribution in [0.15, 0.2) is 18.3 Å². The van der Waals surface area contributed by atoms with Crippen molar-refractivity contribution in [2.45, 2.75) is 19.8 Å². The van der Waals surface area contributed by atoms with Crippen LogP contribution >= 0.6 is 0 Å². The first-order valence-corrected chi connectivity index (χ1v) is 6.21. The molecule has 0 radical (unpaired) electrons. The van der Waals surface area contributed by atoms with Crippen LogP contribution in [0.25, 0.3) is 0 Å². The average Bonchev–Trinajstić information content (AvgIpc) is 2.31. The average molecular weight is 234 g/mol. The molecule has 0 atom stereocenters. The van der Waals surface area contributed by atoms with Gasteiger partial charge in [0.2, 0.25) is 0 Å². The first-order chi connectivity index (χ1) is 8.07. The van der Waals surface area contributed by atoms with Crippen LogP contribution in [0.3, 0.4) is 0 Å². The van der Waals surface area contributed by atoms with Crippen molar-refractivity contribution >= 4 is 11.5 Å². The van der Waals surface area contributed by atoms with E-state index in [9.17, 15) is 0 Å². The second-order valence-corrected chi connectivity index (χ2v) is 5.44. The Labute approximate surface area is 103 Å². The minimum absolute atomic E-state index is 0.374. The van der Waals surface area contributed by atoms with Crippen LogP contribution in [0.2, 0.25) is 0 Å². The van der Waals surface area contributed by atoms with Crippen LogP contribution in [0.5, 0.6) is 0 Å². The molecule has 1 aliphatic rings. The molecule has 1 aromatic rings. The monoisotopic (exact) mass is 234 g/mol. The van der Waals surface area contributed by atoms with Crippen molar-refractivity contribution in [2.75, 3.05) is 37.7 Å². The van der Waals surface area contributed by atoms with Crippen molar-refractivity contribution < 1.29 is 0 Å². The van der Waals surface area contributed by atoms with Crippen molar-refractivity contribution in [1.82, 2.24) is 9.88 Å². The Morgan fingerprint density at radius 2 is 2.18 bits per heavy atom. The smallest absolute Gasteiger partial charge is 0.127 e. The quantitative estimate of drug-likeness (QED) is 0.837. The number of likely N-dealkylation sites (tertiary alicyclic amines) is 1. The number of hydrogen-bond donors (Lipinski definition) is 2. The number of nitrogen functional groups attached to an aromatic ring is 1. The zero-order valence-corrected chi connectivity index (χ0v) is 10.7. The van der Waals surface area contributed by atoms with Crippen LogP contribution in [-0.2, 0) is 0 Å². The van der Waals surface area contributed by atoms with Gasteiger partial charge in [0, 0.05) is 24.5 Å². The largest absolute Gasteiger partial charge is 0.399 e. The Balaban J connectivity index is 1.89. The molecule has 17 heavy (non-hydrogen) atoms. The fourth-order valence-corrected chi connectivity index (χ4v) is 2.18. The molecule has 0 saturated carbocycles. The molecule has 2 heterocycles. The summed E-state index contributed by atoms with van der Waals surface area (Å²) in [5.41, 5.74) is 6.87. The molecule has 1 aliphatic heterocycles. The summed E-state index contributed by atoms with van der Waals surface area (Å²) in [5.74, 6) is 0.880. The Bertz CT molecular complexity index is 369. The highest BCUT2D eigenvalue weighted by Gasteiger charge is 2.28. The fourth-order valence-electron chi connectivity index (χ4n) is 2.18. The van der Waals surface area contributed by atoms with Crippen LogP contribution in [0.1, 0.15) is 19.8 Å². The van der Waals surface area contributed by atoms with E-state index in [1.807, 2.05) is 12.1 Å². The minimum Gasteiger partial charge on any atom is -0.399 e. The first kappa shape index (κ1) is 12.2. The third-order valence-corrected chi connectivity index (χ3v) is 3.67. The predicted molar refractivity (Wildman–Crippen MR) is 72.0 cm³/mol. The van der Waals surface area contributed by atoms with E-state index in [0.29, 0.717) is 5.41 Å². The minimum atomic E-state index is 0.374. The van der Waals surface area contributed by atoms with Gasteiger partial charge in [-0.1, -0.05) is 6.92 Å². The maximum absolute atomic E-state index is 5.73. The Hall–Kier alpha value is -1.29. The normalized spacial score (nSPS) is 20.1. The summed E-state index contributed by atoms with van der Waals surface area (Å²) >= 11 is 0. The van der Waals surface area contributed by atoms with Crippen molar-refractivity contribution in [2.24, 2.45) is 5.41 Å². The molecule has 0 aliphatic carbocycles. The van der Waals surface area contributed by atoms with E-state index >= 15 is 0 Å². The summed E-state index contributed by atoms with van der Waals surface area (Å²) in [7, 11) is 2.19. The number of rotatable bonds is 3.